The summed E-state index contributed by atoms with van der Waals surface area (Å²) in [5.74, 6) is -0.259. The zero-order valence-electron chi connectivity index (χ0n) is 11.0. The number of hydrogen-bond donors (Lipinski definition) is 2. The molecule has 0 spiro atoms. The van der Waals surface area contributed by atoms with Gasteiger partial charge in [0.15, 0.2) is 6.29 Å². The molecule has 1 rings (SSSR count). The van der Waals surface area contributed by atoms with E-state index in [1.54, 1.807) is 12.3 Å². The maximum atomic E-state index is 11.9. The molecule has 18 heavy (non-hydrogen) atoms. The number of nitrogens with zero attached hydrogens (tertiary/aromatic N) is 1. The number of amides is 1. The van der Waals surface area contributed by atoms with Gasteiger partial charge in [0.25, 0.3) is 5.91 Å². The summed E-state index contributed by atoms with van der Waals surface area (Å²) in [6, 6.07) is -0.437. The highest BCUT2D eigenvalue weighted by Crippen LogP contribution is 2.15. The first-order valence-electron chi connectivity index (χ1n) is 5.57. The molecule has 0 saturated heterocycles. The maximum absolute atomic E-state index is 11.9. The van der Waals surface area contributed by atoms with E-state index < -0.39 is 6.29 Å². The molecule has 0 radical (unpaired) electrons. The first-order chi connectivity index (χ1) is 8.49. The van der Waals surface area contributed by atoms with Crippen molar-refractivity contribution in [3.63, 3.8) is 0 Å². The van der Waals surface area contributed by atoms with E-state index in [4.69, 9.17) is 15.2 Å². The highest BCUT2D eigenvalue weighted by molar-refractivity contribution is 7.09. The van der Waals surface area contributed by atoms with E-state index in [1.807, 2.05) is 6.92 Å². The molecule has 0 fully saturated rings. The predicted octanol–water partition coefficient (Wildman–Crippen LogP) is 0.900. The summed E-state index contributed by atoms with van der Waals surface area (Å²) in [6.07, 6.45) is -0.486. The van der Waals surface area contributed by atoms with Crippen LogP contribution in [0.5, 0.6) is 0 Å². The molecule has 0 bridgehead atoms. The van der Waals surface area contributed by atoms with Crippen LogP contribution < -0.4 is 11.1 Å². The van der Waals surface area contributed by atoms with Crippen LogP contribution in [0.1, 0.15) is 35.4 Å². The molecular formula is C11H19N3O3S. The van der Waals surface area contributed by atoms with Crippen molar-refractivity contribution in [3.8, 4) is 0 Å². The largest absolute Gasteiger partial charge is 0.354 e. The lowest BCUT2D eigenvalue weighted by molar-refractivity contribution is -0.117. The van der Waals surface area contributed by atoms with Crippen LogP contribution in [0.3, 0.4) is 0 Å². The van der Waals surface area contributed by atoms with Gasteiger partial charge < -0.3 is 20.5 Å². The lowest BCUT2D eigenvalue weighted by Gasteiger charge is -2.21. The molecule has 1 aromatic heterocycles. The Morgan fingerprint density at radius 3 is 2.50 bits per heavy atom. The normalized spacial score (nSPS) is 14.6. The fraction of sp³-hybridized carbons (Fsp3) is 0.636. The molecule has 0 aliphatic heterocycles. The van der Waals surface area contributed by atoms with Gasteiger partial charge in [0.1, 0.15) is 10.7 Å². The third kappa shape index (κ3) is 3.74. The van der Waals surface area contributed by atoms with Gasteiger partial charge in [0.05, 0.1) is 12.1 Å². The number of methoxy groups -OCH3 is 2. The average Bonchev–Trinajstić information content (AvgIpc) is 2.79. The Bertz CT molecular complexity index is 391. The van der Waals surface area contributed by atoms with E-state index in [0.717, 1.165) is 5.01 Å². The minimum atomic E-state index is -0.486. The Kier molecular flexibility index (Phi) is 5.67. The van der Waals surface area contributed by atoms with E-state index in [-0.39, 0.29) is 18.0 Å². The minimum absolute atomic E-state index is 0.167. The molecule has 102 valence electrons. The maximum Gasteiger partial charge on any atom is 0.271 e. The molecule has 0 saturated carbocycles. The second-order valence-corrected chi connectivity index (χ2v) is 4.85. The fourth-order valence-corrected chi connectivity index (χ4v) is 2.21. The summed E-state index contributed by atoms with van der Waals surface area (Å²) in [5, 5.41) is 5.19. The van der Waals surface area contributed by atoms with E-state index >= 15 is 0 Å². The molecule has 7 heteroatoms. The lowest BCUT2D eigenvalue weighted by atomic mass is 10.3. The second-order valence-electron chi connectivity index (χ2n) is 3.96. The van der Waals surface area contributed by atoms with Crippen molar-refractivity contribution in [1.29, 1.82) is 0 Å². The molecule has 6 nitrogen and oxygen atoms in total. The molecule has 1 heterocycles. The third-order valence-electron chi connectivity index (χ3n) is 2.38. The molecular weight excluding hydrogens is 254 g/mol. The van der Waals surface area contributed by atoms with Crippen molar-refractivity contribution >= 4 is 17.2 Å². The van der Waals surface area contributed by atoms with Gasteiger partial charge in [-0.15, -0.1) is 11.3 Å². The number of rotatable bonds is 6. The van der Waals surface area contributed by atoms with Crippen molar-refractivity contribution in [2.75, 3.05) is 14.2 Å². The van der Waals surface area contributed by atoms with Crippen LogP contribution in [0.25, 0.3) is 0 Å². The van der Waals surface area contributed by atoms with Gasteiger partial charge in [-0.1, -0.05) is 0 Å². The van der Waals surface area contributed by atoms with Crippen LogP contribution >= 0.6 is 11.3 Å². The van der Waals surface area contributed by atoms with E-state index in [0.29, 0.717) is 5.69 Å². The zero-order valence-corrected chi connectivity index (χ0v) is 11.8. The molecule has 1 amide bonds. The van der Waals surface area contributed by atoms with Gasteiger partial charge >= 0.3 is 0 Å². The number of nitrogens with one attached hydrogen (secondary N) is 1. The van der Waals surface area contributed by atoms with Gasteiger partial charge in [0.2, 0.25) is 0 Å². The second kappa shape index (κ2) is 6.79. The number of hydrogen-bond acceptors (Lipinski definition) is 6. The summed E-state index contributed by atoms with van der Waals surface area (Å²) in [4.78, 5) is 16.1. The van der Waals surface area contributed by atoms with Crippen molar-refractivity contribution in [1.82, 2.24) is 10.3 Å². The molecule has 2 atom stereocenters. The van der Waals surface area contributed by atoms with E-state index in [9.17, 15) is 4.79 Å². The summed E-state index contributed by atoms with van der Waals surface area (Å²) in [6.45, 7) is 3.63. The van der Waals surface area contributed by atoms with Crippen LogP contribution in [0, 0.1) is 0 Å². The molecule has 0 aliphatic rings. The summed E-state index contributed by atoms with van der Waals surface area (Å²) in [5.41, 5.74) is 6.06. The molecule has 1 aromatic rings. The number of carbonyl (C=O) groups excluding carboxylic acids is 1. The number of ether oxygens (including phenoxy) is 2. The first-order valence-corrected chi connectivity index (χ1v) is 6.45. The van der Waals surface area contributed by atoms with Gasteiger partial charge in [-0.05, 0) is 13.8 Å². The fourth-order valence-electron chi connectivity index (χ4n) is 1.45. The monoisotopic (exact) mass is 273 g/mol. The molecule has 0 aromatic carbocycles. The minimum Gasteiger partial charge on any atom is -0.354 e. The topological polar surface area (TPSA) is 86.5 Å². The Hall–Kier alpha value is -1.02. The number of nitrogens with two attached hydrogens (primary N) is 1. The molecule has 3 N–H and O–H groups in total. The molecule has 2 unspecified atom stereocenters. The van der Waals surface area contributed by atoms with Crippen molar-refractivity contribution in [3.05, 3.63) is 16.1 Å². The number of thiazole rings is 1. The lowest BCUT2D eigenvalue weighted by Crippen LogP contribution is -2.43. The predicted molar refractivity (Wildman–Crippen MR) is 69.5 cm³/mol. The van der Waals surface area contributed by atoms with Crippen LogP contribution in [0.4, 0.5) is 0 Å². The Morgan fingerprint density at radius 2 is 2.06 bits per heavy atom. The van der Waals surface area contributed by atoms with Crippen LogP contribution in [-0.4, -0.2) is 37.4 Å². The van der Waals surface area contributed by atoms with Crippen LogP contribution in [-0.2, 0) is 9.47 Å². The first kappa shape index (κ1) is 15.0. The summed E-state index contributed by atoms with van der Waals surface area (Å²) >= 11 is 1.37. The van der Waals surface area contributed by atoms with Crippen LogP contribution in [0.2, 0.25) is 0 Å². The Balaban J connectivity index is 2.64. The van der Waals surface area contributed by atoms with Crippen molar-refractivity contribution < 1.29 is 14.3 Å². The third-order valence-corrected chi connectivity index (χ3v) is 3.42. The van der Waals surface area contributed by atoms with E-state index in [2.05, 4.69) is 10.3 Å². The number of aromatic nitrogens is 1. The Morgan fingerprint density at radius 1 is 1.44 bits per heavy atom. The van der Waals surface area contributed by atoms with Gasteiger partial charge in [-0.3, -0.25) is 4.79 Å². The quantitative estimate of drug-likeness (QED) is 0.752. The highest BCUT2D eigenvalue weighted by atomic mass is 32.1. The van der Waals surface area contributed by atoms with Crippen molar-refractivity contribution in [2.24, 2.45) is 5.73 Å². The highest BCUT2D eigenvalue weighted by Gasteiger charge is 2.20. The smallest absolute Gasteiger partial charge is 0.271 e. The Labute approximate surface area is 110 Å². The van der Waals surface area contributed by atoms with Crippen LogP contribution in [0.15, 0.2) is 5.38 Å². The molecule has 0 aliphatic carbocycles. The standard InChI is InChI=1S/C11H19N3O3S/c1-6(12)10-14-8(5-18-10)9(15)13-7(2)11(16-3)17-4/h5-7,11H,12H2,1-4H3,(H,13,15). The SMILES string of the molecule is COC(OC)C(C)NC(=O)c1csc(C(C)N)n1. The van der Waals surface area contributed by atoms with Gasteiger partial charge in [-0.25, -0.2) is 4.98 Å². The average molecular weight is 273 g/mol. The van der Waals surface area contributed by atoms with E-state index in [1.165, 1.54) is 25.6 Å². The van der Waals surface area contributed by atoms with Gasteiger partial charge in [0, 0.05) is 19.6 Å². The van der Waals surface area contributed by atoms with Gasteiger partial charge in [-0.2, -0.15) is 0 Å². The summed E-state index contributed by atoms with van der Waals surface area (Å²) < 4.78 is 10.1. The number of carbonyl (C=O) groups is 1. The zero-order chi connectivity index (χ0) is 13.7. The summed E-state index contributed by atoms with van der Waals surface area (Å²) in [7, 11) is 3.04. The van der Waals surface area contributed by atoms with Crippen molar-refractivity contribution in [2.45, 2.75) is 32.2 Å².